The highest BCUT2D eigenvalue weighted by atomic mass is 127. The first-order valence-corrected chi connectivity index (χ1v) is 6.01. The van der Waals surface area contributed by atoms with E-state index in [9.17, 15) is 14.9 Å². The second kappa shape index (κ2) is 6.50. The molecule has 0 aliphatic carbocycles. The highest BCUT2D eigenvalue weighted by Gasteiger charge is 2.13. The van der Waals surface area contributed by atoms with Crippen LogP contribution in [0, 0.1) is 13.7 Å². The fourth-order valence-electron chi connectivity index (χ4n) is 1.20. The number of amides is 1. The molecule has 0 aromatic heterocycles. The van der Waals surface area contributed by atoms with Crippen LogP contribution < -0.4 is 10.6 Å². The van der Waals surface area contributed by atoms with Gasteiger partial charge in [0.05, 0.1) is 10.5 Å². The molecule has 0 aliphatic heterocycles. The van der Waals surface area contributed by atoms with Crippen LogP contribution in [-0.2, 0) is 0 Å². The van der Waals surface area contributed by atoms with Crippen LogP contribution in [0.15, 0.2) is 18.2 Å². The minimum absolute atomic E-state index is 0.0128. The standard InChI is InChI=1S/C10H12IN3O3/c1-12-4-5-13-10(15)8-3-2-7(14(16)17)6-9(8)11/h2-3,6,12H,4-5H2,1H3,(H,13,15). The molecule has 0 bridgehead atoms. The summed E-state index contributed by atoms with van der Waals surface area (Å²) in [5, 5.41) is 16.2. The molecule has 0 fully saturated rings. The lowest BCUT2D eigenvalue weighted by molar-refractivity contribution is -0.384. The molecule has 1 aromatic carbocycles. The van der Waals surface area contributed by atoms with Crippen LogP contribution in [0.3, 0.4) is 0 Å². The molecule has 17 heavy (non-hydrogen) atoms. The van der Waals surface area contributed by atoms with Crippen LogP contribution in [0.4, 0.5) is 5.69 Å². The first kappa shape index (κ1) is 13.8. The summed E-state index contributed by atoms with van der Waals surface area (Å²) in [6, 6.07) is 4.18. The molecule has 6 nitrogen and oxygen atoms in total. The molecular weight excluding hydrogens is 337 g/mol. The lowest BCUT2D eigenvalue weighted by Gasteiger charge is -2.06. The normalized spacial score (nSPS) is 10.0. The number of rotatable bonds is 5. The number of hydrogen-bond acceptors (Lipinski definition) is 4. The third-order valence-corrected chi connectivity index (χ3v) is 2.96. The van der Waals surface area contributed by atoms with E-state index in [0.29, 0.717) is 22.2 Å². The number of nitrogens with zero attached hydrogens (tertiary/aromatic N) is 1. The molecule has 1 amide bonds. The van der Waals surface area contributed by atoms with Gasteiger partial charge in [-0.2, -0.15) is 0 Å². The largest absolute Gasteiger partial charge is 0.351 e. The number of carbonyl (C=O) groups excluding carboxylic acids is 1. The monoisotopic (exact) mass is 349 g/mol. The summed E-state index contributed by atoms with van der Waals surface area (Å²) in [4.78, 5) is 21.8. The Bertz CT molecular complexity index is 437. The fourth-order valence-corrected chi connectivity index (χ4v) is 1.94. The second-order valence-electron chi connectivity index (χ2n) is 3.28. The predicted octanol–water partition coefficient (Wildman–Crippen LogP) is 1.15. The zero-order chi connectivity index (χ0) is 12.8. The van der Waals surface area contributed by atoms with E-state index in [1.54, 1.807) is 7.05 Å². The zero-order valence-electron chi connectivity index (χ0n) is 9.20. The maximum Gasteiger partial charge on any atom is 0.270 e. The highest BCUT2D eigenvalue weighted by Crippen LogP contribution is 2.19. The van der Waals surface area contributed by atoms with Gasteiger partial charge in [-0.15, -0.1) is 0 Å². The van der Waals surface area contributed by atoms with Crippen LogP contribution in [0.1, 0.15) is 10.4 Å². The van der Waals surface area contributed by atoms with E-state index < -0.39 is 4.92 Å². The molecule has 1 rings (SSSR count). The van der Waals surface area contributed by atoms with Gasteiger partial charge < -0.3 is 10.6 Å². The Morgan fingerprint density at radius 3 is 2.71 bits per heavy atom. The number of halogens is 1. The summed E-state index contributed by atoms with van der Waals surface area (Å²) in [6.07, 6.45) is 0. The van der Waals surface area contributed by atoms with Gasteiger partial charge in [0, 0.05) is 28.8 Å². The van der Waals surface area contributed by atoms with Gasteiger partial charge in [-0.1, -0.05) is 0 Å². The van der Waals surface area contributed by atoms with Crippen LogP contribution in [0.25, 0.3) is 0 Å². The topological polar surface area (TPSA) is 84.3 Å². The van der Waals surface area contributed by atoms with Crippen LogP contribution in [0.5, 0.6) is 0 Å². The van der Waals surface area contributed by atoms with Gasteiger partial charge in [-0.3, -0.25) is 14.9 Å². The summed E-state index contributed by atoms with van der Waals surface area (Å²) in [5.41, 5.74) is 0.438. The van der Waals surface area contributed by atoms with E-state index in [1.165, 1.54) is 18.2 Å². The van der Waals surface area contributed by atoms with Gasteiger partial charge in [0.25, 0.3) is 11.6 Å². The molecule has 92 valence electrons. The maximum atomic E-state index is 11.7. The van der Waals surface area contributed by atoms with Crippen molar-refractivity contribution in [3.63, 3.8) is 0 Å². The third-order valence-electron chi connectivity index (χ3n) is 2.07. The Labute approximate surface area is 112 Å². The number of carbonyl (C=O) groups is 1. The van der Waals surface area contributed by atoms with Gasteiger partial charge in [0.1, 0.15) is 0 Å². The predicted molar refractivity (Wildman–Crippen MR) is 72.1 cm³/mol. The van der Waals surface area contributed by atoms with Crippen molar-refractivity contribution in [3.8, 4) is 0 Å². The van der Waals surface area contributed by atoms with Gasteiger partial charge >= 0.3 is 0 Å². The van der Waals surface area contributed by atoms with Crippen molar-refractivity contribution < 1.29 is 9.72 Å². The maximum absolute atomic E-state index is 11.7. The number of benzene rings is 1. The number of likely N-dealkylation sites (N-methyl/N-ethyl adjacent to an activating group) is 1. The number of non-ortho nitro benzene ring substituents is 1. The van der Waals surface area contributed by atoms with E-state index in [0.717, 1.165) is 0 Å². The molecular formula is C10H12IN3O3. The average molecular weight is 349 g/mol. The summed E-state index contributed by atoms with van der Waals surface area (Å²) in [7, 11) is 1.79. The van der Waals surface area contributed by atoms with Gasteiger partial charge in [-0.25, -0.2) is 0 Å². The van der Waals surface area contributed by atoms with Crippen LogP contribution in [0.2, 0.25) is 0 Å². The van der Waals surface area contributed by atoms with Gasteiger partial charge in [0.2, 0.25) is 0 Å². The van der Waals surface area contributed by atoms with E-state index in [-0.39, 0.29) is 11.6 Å². The van der Waals surface area contributed by atoms with Gasteiger partial charge in [-0.05, 0) is 35.7 Å². The molecule has 1 aromatic rings. The Balaban J connectivity index is 2.78. The lowest BCUT2D eigenvalue weighted by Crippen LogP contribution is -2.30. The van der Waals surface area contributed by atoms with Crippen molar-refractivity contribution >= 4 is 34.2 Å². The molecule has 0 aliphatic rings. The van der Waals surface area contributed by atoms with Crippen molar-refractivity contribution in [2.24, 2.45) is 0 Å². The number of nitro groups is 1. The number of hydrogen-bond donors (Lipinski definition) is 2. The number of nitrogens with one attached hydrogen (secondary N) is 2. The summed E-state index contributed by atoms with van der Waals surface area (Å²) < 4.78 is 0.568. The van der Waals surface area contributed by atoms with Crippen molar-refractivity contribution in [1.82, 2.24) is 10.6 Å². The van der Waals surface area contributed by atoms with Crippen molar-refractivity contribution in [3.05, 3.63) is 37.4 Å². The molecule has 0 unspecified atom stereocenters. The van der Waals surface area contributed by atoms with Crippen molar-refractivity contribution in [2.45, 2.75) is 0 Å². The Morgan fingerprint density at radius 2 is 2.18 bits per heavy atom. The SMILES string of the molecule is CNCCNC(=O)c1ccc([N+](=O)[O-])cc1I. The first-order valence-electron chi connectivity index (χ1n) is 4.93. The molecule has 0 heterocycles. The quantitative estimate of drug-likeness (QED) is 0.362. The van der Waals surface area contributed by atoms with E-state index >= 15 is 0 Å². The smallest absolute Gasteiger partial charge is 0.270 e. The second-order valence-corrected chi connectivity index (χ2v) is 4.44. The molecule has 2 N–H and O–H groups in total. The van der Waals surface area contributed by atoms with Crippen molar-refractivity contribution in [1.29, 1.82) is 0 Å². The minimum atomic E-state index is -0.481. The molecule has 0 spiro atoms. The molecule has 7 heteroatoms. The lowest BCUT2D eigenvalue weighted by atomic mass is 10.2. The average Bonchev–Trinajstić information content (AvgIpc) is 2.28. The van der Waals surface area contributed by atoms with Crippen LogP contribution in [-0.4, -0.2) is 31.0 Å². The van der Waals surface area contributed by atoms with Crippen molar-refractivity contribution in [2.75, 3.05) is 20.1 Å². The third kappa shape index (κ3) is 3.93. The first-order chi connectivity index (χ1) is 8.06. The summed E-state index contributed by atoms with van der Waals surface area (Å²) in [6.45, 7) is 1.19. The van der Waals surface area contributed by atoms with Crippen LogP contribution >= 0.6 is 22.6 Å². The summed E-state index contributed by atoms with van der Waals surface area (Å²) in [5.74, 6) is -0.223. The number of nitro benzene ring substituents is 1. The molecule has 0 saturated carbocycles. The molecule has 0 atom stereocenters. The van der Waals surface area contributed by atoms with E-state index in [1.807, 2.05) is 22.6 Å². The zero-order valence-corrected chi connectivity index (χ0v) is 11.4. The Morgan fingerprint density at radius 1 is 1.47 bits per heavy atom. The van der Waals surface area contributed by atoms with E-state index in [4.69, 9.17) is 0 Å². The minimum Gasteiger partial charge on any atom is -0.351 e. The molecule has 0 saturated heterocycles. The van der Waals surface area contributed by atoms with Gasteiger partial charge in [0.15, 0.2) is 0 Å². The highest BCUT2D eigenvalue weighted by molar-refractivity contribution is 14.1. The Kier molecular flexibility index (Phi) is 5.29. The van der Waals surface area contributed by atoms with E-state index in [2.05, 4.69) is 10.6 Å². The Hall–Kier alpha value is -1.22. The summed E-state index contributed by atoms with van der Waals surface area (Å²) >= 11 is 1.91. The molecule has 0 radical (unpaired) electrons. The fraction of sp³-hybridized carbons (Fsp3) is 0.300.